The third-order valence-electron chi connectivity index (χ3n) is 4.94. The van der Waals surface area contributed by atoms with Gasteiger partial charge in [-0.3, -0.25) is 0 Å². The van der Waals surface area contributed by atoms with Crippen LogP contribution in [-0.4, -0.2) is 0 Å². The first kappa shape index (κ1) is 16.5. The number of fused-ring (bicyclic) bond motifs is 1. The van der Waals surface area contributed by atoms with Gasteiger partial charge in [-0.2, -0.15) is 0 Å². The molecule has 26 heavy (non-hydrogen) atoms. The highest BCUT2D eigenvalue weighted by Gasteiger charge is 2.14. The van der Waals surface area contributed by atoms with Crippen LogP contribution in [0.5, 0.6) is 0 Å². The summed E-state index contributed by atoms with van der Waals surface area (Å²) in [6.45, 7) is 4.27. The van der Waals surface area contributed by atoms with E-state index >= 15 is 0 Å². The highest BCUT2D eigenvalue weighted by molar-refractivity contribution is 5.88. The van der Waals surface area contributed by atoms with Crippen molar-refractivity contribution in [2.24, 2.45) is 7.05 Å². The van der Waals surface area contributed by atoms with Crippen LogP contribution in [0.2, 0.25) is 0 Å². The van der Waals surface area contributed by atoms with Gasteiger partial charge in [0.05, 0.1) is 0 Å². The Labute approximate surface area is 153 Å². The molecule has 1 aromatic heterocycles. The Morgan fingerprint density at radius 1 is 0.731 bits per heavy atom. The number of pyridine rings is 1. The van der Waals surface area contributed by atoms with Gasteiger partial charge in [-0.1, -0.05) is 42.0 Å². The van der Waals surface area contributed by atoms with E-state index in [0.29, 0.717) is 0 Å². The van der Waals surface area contributed by atoms with Crippen LogP contribution >= 0.6 is 0 Å². The molecule has 3 aromatic carbocycles. The van der Waals surface area contributed by atoms with Gasteiger partial charge >= 0.3 is 0 Å². The summed E-state index contributed by atoms with van der Waals surface area (Å²) in [6.07, 6.45) is 2.17. The second kappa shape index (κ2) is 6.38. The SMILES string of the molecule is Cc1ccc(C)c(-c2cc3ccc(-c4ccc(F)cc4)cc3c[n+]2C)c1. The highest BCUT2D eigenvalue weighted by atomic mass is 19.1. The molecule has 0 fully saturated rings. The molecule has 0 atom stereocenters. The van der Waals surface area contributed by atoms with Gasteiger partial charge in [0.25, 0.3) is 0 Å². The van der Waals surface area contributed by atoms with Gasteiger partial charge in [-0.15, -0.1) is 0 Å². The van der Waals surface area contributed by atoms with Crippen LogP contribution in [0.4, 0.5) is 4.39 Å². The van der Waals surface area contributed by atoms with E-state index in [-0.39, 0.29) is 5.82 Å². The molecule has 0 bridgehead atoms. The van der Waals surface area contributed by atoms with E-state index in [2.05, 4.69) is 74.1 Å². The standard InChI is InChI=1S/C24H21FN/c1-16-4-5-17(2)23(12-16)24-14-20-7-6-19(13-21(20)15-26(24)3)18-8-10-22(25)11-9-18/h4-15H,1-3H3/q+1. The van der Waals surface area contributed by atoms with Crippen molar-refractivity contribution in [3.05, 3.63) is 89.9 Å². The summed E-state index contributed by atoms with van der Waals surface area (Å²) in [6, 6.07) is 21.9. The van der Waals surface area contributed by atoms with E-state index in [1.54, 1.807) is 0 Å². The molecule has 1 nitrogen and oxygen atoms in total. The first-order chi connectivity index (χ1) is 12.5. The summed E-state index contributed by atoms with van der Waals surface area (Å²) in [7, 11) is 2.08. The van der Waals surface area contributed by atoms with Crippen molar-refractivity contribution in [2.45, 2.75) is 13.8 Å². The molecule has 1 heterocycles. The predicted molar refractivity (Wildman–Crippen MR) is 105 cm³/mol. The molecule has 4 aromatic rings. The maximum atomic E-state index is 13.2. The van der Waals surface area contributed by atoms with E-state index in [4.69, 9.17) is 0 Å². The van der Waals surface area contributed by atoms with Crippen LogP contribution < -0.4 is 4.57 Å². The fourth-order valence-electron chi connectivity index (χ4n) is 3.45. The average molecular weight is 342 g/mol. The molecule has 0 aliphatic carbocycles. The third-order valence-corrected chi connectivity index (χ3v) is 4.94. The number of hydrogen-bond acceptors (Lipinski definition) is 0. The van der Waals surface area contributed by atoms with E-state index < -0.39 is 0 Å². The molecule has 4 rings (SSSR count). The normalized spacial score (nSPS) is 11.1. The van der Waals surface area contributed by atoms with Crippen molar-refractivity contribution in [1.29, 1.82) is 0 Å². The van der Waals surface area contributed by atoms with Crippen LogP contribution in [0.25, 0.3) is 33.2 Å². The number of aryl methyl sites for hydroxylation is 3. The monoisotopic (exact) mass is 342 g/mol. The lowest BCUT2D eigenvalue weighted by Crippen LogP contribution is -2.30. The van der Waals surface area contributed by atoms with Crippen LogP contribution in [0.1, 0.15) is 11.1 Å². The van der Waals surface area contributed by atoms with Crippen LogP contribution in [-0.2, 0) is 7.05 Å². The van der Waals surface area contributed by atoms with E-state index in [0.717, 1.165) is 11.1 Å². The molecule has 128 valence electrons. The van der Waals surface area contributed by atoms with Gasteiger partial charge in [0.15, 0.2) is 6.20 Å². The van der Waals surface area contributed by atoms with Crippen LogP contribution in [0, 0.1) is 19.7 Å². The van der Waals surface area contributed by atoms with Crippen molar-refractivity contribution in [1.82, 2.24) is 0 Å². The highest BCUT2D eigenvalue weighted by Crippen LogP contribution is 2.28. The van der Waals surface area contributed by atoms with E-state index in [9.17, 15) is 4.39 Å². The van der Waals surface area contributed by atoms with Gasteiger partial charge in [0.1, 0.15) is 12.9 Å². The molecule has 0 N–H and O–H groups in total. The van der Waals surface area contributed by atoms with Crippen LogP contribution in [0.3, 0.4) is 0 Å². The van der Waals surface area contributed by atoms with E-state index in [1.807, 2.05) is 12.1 Å². The molecule has 2 heteroatoms. The Morgan fingerprint density at radius 3 is 2.23 bits per heavy atom. The number of aromatic nitrogens is 1. The minimum atomic E-state index is -0.209. The zero-order valence-electron chi connectivity index (χ0n) is 15.3. The number of hydrogen-bond donors (Lipinski definition) is 0. The van der Waals surface area contributed by atoms with Gasteiger partial charge in [-0.25, -0.2) is 8.96 Å². The zero-order chi connectivity index (χ0) is 18.3. The Bertz CT molecular complexity index is 1110. The first-order valence-electron chi connectivity index (χ1n) is 8.78. The lowest BCUT2D eigenvalue weighted by molar-refractivity contribution is -0.659. The largest absolute Gasteiger partial charge is 0.213 e. The van der Waals surface area contributed by atoms with Gasteiger partial charge < -0.3 is 0 Å². The summed E-state index contributed by atoms with van der Waals surface area (Å²) in [4.78, 5) is 0. The Hall–Kier alpha value is -3.00. The van der Waals surface area contributed by atoms with Gasteiger partial charge in [0.2, 0.25) is 5.69 Å². The topological polar surface area (TPSA) is 3.88 Å². The summed E-state index contributed by atoms with van der Waals surface area (Å²) in [5.41, 5.74) is 7.11. The molecule has 0 unspecified atom stereocenters. The minimum Gasteiger partial charge on any atom is -0.207 e. The zero-order valence-corrected chi connectivity index (χ0v) is 15.3. The van der Waals surface area contributed by atoms with Crippen molar-refractivity contribution < 1.29 is 8.96 Å². The predicted octanol–water partition coefficient (Wildman–Crippen LogP) is 5.75. The Balaban J connectivity index is 1.85. The molecule has 0 spiro atoms. The summed E-state index contributed by atoms with van der Waals surface area (Å²) >= 11 is 0. The minimum absolute atomic E-state index is 0.209. The molecule has 0 radical (unpaired) electrons. The van der Waals surface area contributed by atoms with Crippen molar-refractivity contribution in [3.8, 4) is 22.4 Å². The summed E-state index contributed by atoms with van der Waals surface area (Å²) < 4.78 is 15.4. The summed E-state index contributed by atoms with van der Waals surface area (Å²) in [5, 5.41) is 2.37. The van der Waals surface area contributed by atoms with E-state index in [1.165, 1.54) is 45.3 Å². The molecule has 0 saturated heterocycles. The third kappa shape index (κ3) is 2.99. The maximum absolute atomic E-state index is 13.2. The number of nitrogens with zero attached hydrogens (tertiary/aromatic N) is 1. The van der Waals surface area contributed by atoms with Crippen molar-refractivity contribution >= 4 is 10.8 Å². The quantitative estimate of drug-likeness (QED) is 0.408. The lowest BCUT2D eigenvalue weighted by Gasteiger charge is -2.08. The molecular formula is C24H21FN+. The second-order valence-electron chi connectivity index (χ2n) is 6.94. The maximum Gasteiger partial charge on any atom is 0.213 e. The van der Waals surface area contributed by atoms with Crippen molar-refractivity contribution in [3.63, 3.8) is 0 Å². The van der Waals surface area contributed by atoms with Gasteiger partial charge in [0, 0.05) is 17.0 Å². The average Bonchev–Trinajstić information content (AvgIpc) is 2.63. The smallest absolute Gasteiger partial charge is 0.207 e. The number of halogens is 1. The molecule has 0 amide bonds. The molecule has 0 saturated carbocycles. The van der Waals surface area contributed by atoms with Crippen LogP contribution in [0.15, 0.2) is 72.9 Å². The number of rotatable bonds is 2. The lowest BCUT2D eigenvalue weighted by atomic mass is 9.98. The fraction of sp³-hybridized carbons (Fsp3) is 0.125. The molecule has 0 aliphatic rings. The first-order valence-corrected chi connectivity index (χ1v) is 8.78. The Morgan fingerprint density at radius 2 is 1.46 bits per heavy atom. The summed E-state index contributed by atoms with van der Waals surface area (Å²) in [5.74, 6) is -0.209. The number of benzene rings is 3. The van der Waals surface area contributed by atoms with Crippen molar-refractivity contribution in [2.75, 3.05) is 0 Å². The second-order valence-corrected chi connectivity index (χ2v) is 6.94. The fourth-order valence-corrected chi connectivity index (χ4v) is 3.45. The molecular weight excluding hydrogens is 321 g/mol. The van der Waals surface area contributed by atoms with Gasteiger partial charge in [-0.05, 0) is 60.2 Å². The Kier molecular flexibility index (Phi) is 4.04. The molecule has 0 aliphatic heterocycles.